The summed E-state index contributed by atoms with van der Waals surface area (Å²) in [5, 5.41) is 11.0. The zero-order valence-corrected chi connectivity index (χ0v) is 6.46. The van der Waals surface area contributed by atoms with Gasteiger partial charge in [0, 0.05) is 0 Å². The molecule has 0 N–H and O–H groups in total. The fraction of sp³-hybridized carbons (Fsp3) is 0.857. The van der Waals surface area contributed by atoms with E-state index in [9.17, 15) is 10.0 Å². The molecule has 0 atom stereocenters. The number of amides is 1. The van der Waals surface area contributed by atoms with E-state index >= 15 is 0 Å². The Morgan fingerprint density at radius 1 is 1.60 bits per heavy atom. The van der Waals surface area contributed by atoms with E-state index in [0.29, 0.717) is 25.4 Å². The van der Waals surface area contributed by atoms with Crippen LogP contribution < -0.4 is 0 Å². The van der Waals surface area contributed by atoms with Gasteiger partial charge in [-0.3, -0.25) is 4.65 Å². The van der Waals surface area contributed by atoms with Crippen LogP contribution in [-0.4, -0.2) is 23.6 Å². The number of nitrogens with zero attached hydrogens (tertiary/aromatic N) is 1. The molecule has 0 saturated carbocycles. The smallest absolute Gasteiger partial charge is 0.314 e. The summed E-state index contributed by atoms with van der Waals surface area (Å²) in [5.41, 5.74) is 0. The van der Waals surface area contributed by atoms with Gasteiger partial charge < -0.3 is 5.21 Å². The molecule has 0 spiro atoms. The second kappa shape index (κ2) is 2.32. The average molecular weight is 143 g/mol. The van der Waals surface area contributed by atoms with Gasteiger partial charge in [0.05, 0.1) is 6.42 Å². The number of hydroxylamine groups is 3. The molecular weight excluding hydrogens is 130 g/mol. The SMILES string of the molecule is CC(C)CC(=O)[N+]1([O-])CC1. The molecule has 0 aliphatic carbocycles. The maximum absolute atomic E-state index is 11.0. The summed E-state index contributed by atoms with van der Waals surface area (Å²) in [4.78, 5) is 11.0. The van der Waals surface area contributed by atoms with Gasteiger partial charge in [-0.25, -0.2) is 4.79 Å². The highest BCUT2D eigenvalue weighted by Gasteiger charge is 2.40. The summed E-state index contributed by atoms with van der Waals surface area (Å²) in [6.45, 7) is 4.91. The van der Waals surface area contributed by atoms with Crippen molar-refractivity contribution < 1.29 is 9.44 Å². The van der Waals surface area contributed by atoms with E-state index in [1.54, 1.807) is 0 Å². The fourth-order valence-corrected chi connectivity index (χ4v) is 0.856. The molecule has 1 heterocycles. The molecule has 10 heavy (non-hydrogen) atoms. The number of quaternary nitrogens is 1. The molecule has 0 unspecified atom stereocenters. The summed E-state index contributed by atoms with van der Waals surface area (Å²) >= 11 is 0. The van der Waals surface area contributed by atoms with E-state index in [-0.39, 0.29) is 5.91 Å². The molecule has 0 aromatic rings. The van der Waals surface area contributed by atoms with Gasteiger partial charge in [-0.2, -0.15) is 0 Å². The van der Waals surface area contributed by atoms with Crippen molar-refractivity contribution in [3.05, 3.63) is 5.21 Å². The van der Waals surface area contributed by atoms with Crippen LogP contribution >= 0.6 is 0 Å². The first-order chi connectivity index (χ1) is 4.54. The lowest BCUT2D eigenvalue weighted by Gasteiger charge is -2.18. The van der Waals surface area contributed by atoms with Gasteiger partial charge >= 0.3 is 5.91 Å². The van der Waals surface area contributed by atoms with Gasteiger partial charge in [0.25, 0.3) is 0 Å². The van der Waals surface area contributed by atoms with Crippen LogP contribution in [0.4, 0.5) is 0 Å². The van der Waals surface area contributed by atoms with E-state index in [1.165, 1.54) is 0 Å². The first-order valence-corrected chi connectivity index (χ1v) is 3.66. The van der Waals surface area contributed by atoms with Crippen LogP contribution in [0.25, 0.3) is 0 Å². The Morgan fingerprint density at radius 2 is 2.10 bits per heavy atom. The van der Waals surface area contributed by atoms with Crippen molar-refractivity contribution in [3.8, 4) is 0 Å². The van der Waals surface area contributed by atoms with E-state index in [4.69, 9.17) is 0 Å². The highest BCUT2D eigenvalue weighted by atomic mass is 16.6. The van der Waals surface area contributed by atoms with Crippen molar-refractivity contribution in [3.63, 3.8) is 0 Å². The minimum Gasteiger partial charge on any atom is -0.625 e. The topological polar surface area (TPSA) is 40.1 Å². The molecule has 0 bridgehead atoms. The van der Waals surface area contributed by atoms with Crippen molar-refractivity contribution in [2.75, 3.05) is 13.1 Å². The monoisotopic (exact) mass is 143 g/mol. The molecular formula is C7H13NO2. The molecule has 0 radical (unpaired) electrons. The number of hydrogen-bond acceptors (Lipinski definition) is 2. The van der Waals surface area contributed by atoms with Crippen LogP contribution in [0, 0.1) is 11.1 Å². The Bertz CT molecular complexity index is 150. The molecule has 1 rings (SSSR count). The molecule has 1 aliphatic heterocycles. The van der Waals surface area contributed by atoms with Crippen molar-refractivity contribution in [1.29, 1.82) is 0 Å². The van der Waals surface area contributed by atoms with Gasteiger partial charge in [-0.15, -0.1) is 0 Å². The number of carbonyl (C=O) groups excluding carboxylic acids is 1. The molecule has 3 nitrogen and oxygen atoms in total. The van der Waals surface area contributed by atoms with Gasteiger partial charge in [0.15, 0.2) is 0 Å². The third-order valence-corrected chi connectivity index (χ3v) is 1.67. The Balaban J connectivity index is 2.35. The summed E-state index contributed by atoms with van der Waals surface area (Å²) in [7, 11) is 0. The second-order valence-electron chi connectivity index (χ2n) is 3.33. The molecule has 1 fully saturated rings. The number of rotatable bonds is 2. The third-order valence-electron chi connectivity index (χ3n) is 1.67. The van der Waals surface area contributed by atoms with Gasteiger partial charge in [-0.05, 0) is 5.92 Å². The van der Waals surface area contributed by atoms with Crippen LogP contribution in [0.3, 0.4) is 0 Å². The lowest BCUT2D eigenvalue weighted by atomic mass is 10.1. The standard InChI is InChI=1S/C7H13NO2/c1-6(2)5-7(9)8(10)3-4-8/h6H,3-5H2,1-2H3. The highest BCUT2D eigenvalue weighted by molar-refractivity contribution is 5.70. The van der Waals surface area contributed by atoms with Crippen LogP contribution in [-0.2, 0) is 4.79 Å². The number of carbonyl (C=O) groups is 1. The maximum atomic E-state index is 11.0. The van der Waals surface area contributed by atoms with Crippen molar-refractivity contribution >= 4 is 5.91 Å². The van der Waals surface area contributed by atoms with Crippen LogP contribution in [0.1, 0.15) is 20.3 Å². The van der Waals surface area contributed by atoms with Crippen LogP contribution in [0.2, 0.25) is 0 Å². The average Bonchev–Trinajstić information content (AvgIpc) is 2.47. The Hall–Kier alpha value is -0.410. The fourth-order valence-electron chi connectivity index (χ4n) is 0.856. The third kappa shape index (κ3) is 1.55. The summed E-state index contributed by atoms with van der Waals surface area (Å²) < 4.78 is -0.557. The van der Waals surface area contributed by atoms with Crippen molar-refractivity contribution in [1.82, 2.24) is 0 Å². The summed E-state index contributed by atoms with van der Waals surface area (Å²) in [6, 6.07) is 0. The van der Waals surface area contributed by atoms with Crippen molar-refractivity contribution in [2.24, 2.45) is 5.92 Å². The molecule has 0 aromatic carbocycles. The maximum Gasteiger partial charge on any atom is 0.314 e. The lowest BCUT2D eigenvalue weighted by Crippen LogP contribution is -2.27. The van der Waals surface area contributed by atoms with Crippen molar-refractivity contribution in [2.45, 2.75) is 20.3 Å². The predicted molar refractivity (Wildman–Crippen MR) is 37.8 cm³/mol. The van der Waals surface area contributed by atoms with E-state index in [2.05, 4.69) is 0 Å². The normalized spacial score (nSPS) is 21.2. The number of hydrogen-bond donors (Lipinski definition) is 0. The predicted octanol–water partition coefficient (Wildman–Crippen LogP) is 0.887. The summed E-state index contributed by atoms with van der Waals surface area (Å²) in [6.07, 6.45) is 0.434. The van der Waals surface area contributed by atoms with Gasteiger partial charge in [0.2, 0.25) is 0 Å². The minimum absolute atomic E-state index is 0.144. The van der Waals surface area contributed by atoms with E-state index < -0.39 is 4.65 Å². The lowest BCUT2D eigenvalue weighted by molar-refractivity contribution is -0.660. The first-order valence-electron chi connectivity index (χ1n) is 3.66. The second-order valence-corrected chi connectivity index (χ2v) is 3.33. The Labute approximate surface area is 60.8 Å². The van der Waals surface area contributed by atoms with Crippen LogP contribution in [0.5, 0.6) is 0 Å². The zero-order chi connectivity index (χ0) is 7.78. The molecule has 1 amide bonds. The van der Waals surface area contributed by atoms with E-state index in [1.807, 2.05) is 13.8 Å². The van der Waals surface area contributed by atoms with E-state index in [0.717, 1.165) is 0 Å². The Morgan fingerprint density at radius 3 is 2.40 bits per heavy atom. The van der Waals surface area contributed by atoms with Gasteiger partial charge in [-0.1, -0.05) is 13.8 Å². The molecule has 1 saturated heterocycles. The zero-order valence-electron chi connectivity index (χ0n) is 6.46. The molecule has 58 valence electrons. The van der Waals surface area contributed by atoms with Gasteiger partial charge in [0.1, 0.15) is 13.1 Å². The van der Waals surface area contributed by atoms with Crippen LogP contribution in [0.15, 0.2) is 0 Å². The Kier molecular flexibility index (Phi) is 1.79. The molecule has 1 aliphatic rings. The quantitative estimate of drug-likeness (QED) is 0.327. The summed E-state index contributed by atoms with van der Waals surface area (Å²) in [5.74, 6) is 0.173. The molecule has 0 aromatic heterocycles. The largest absolute Gasteiger partial charge is 0.625 e. The highest BCUT2D eigenvalue weighted by Crippen LogP contribution is 2.21. The minimum atomic E-state index is -0.557. The molecule has 3 heteroatoms. The first kappa shape index (κ1) is 7.69.